The van der Waals surface area contributed by atoms with Crippen molar-refractivity contribution in [3.8, 4) is 0 Å². The first-order chi connectivity index (χ1) is 9.65. The van der Waals surface area contributed by atoms with E-state index in [0.29, 0.717) is 5.92 Å². The molecule has 1 atom stereocenters. The zero-order valence-electron chi connectivity index (χ0n) is 13.4. The Hall–Kier alpha value is -1.46. The summed E-state index contributed by atoms with van der Waals surface area (Å²) in [5, 5.41) is 14.1. The second-order valence-corrected chi connectivity index (χ2v) is 6.95. The van der Waals surface area contributed by atoms with E-state index in [2.05, 4.69) is 10.6 Å². The molecular formula is C15H28N2O4. The number of nitrogens with one attached hydrogen (secondary N) is 2. The first-order valence-electron chi connectivity index (χ1n) is 7.64. The van der Waals surface area contributed by atoms with Gasteiger partial charge in [-0.3, -0.25) is 0 Å². The van der Waals surface area contributed by atoms with Gasteiger partial charge in [0.25, 0.3) is 0 Å². The molecule has 21 heavy (non-hydrogen) atoms. The summed E-state index contributed by atoms with van der Waals surface area (Å²) in [4.78, 5) is 22.3. The van der Waals surface area contributed by atoms with Crippen molar-refractivity contribution in [2.75, 3.05) is 0 Å². The molecular weight excluding hydrogens is 272 g/mol. The quantitative estimate of drug-likeness (QED) is 0.744. The second kappa shape index (κ2) is 7.52. The molecule has 1 aliphatic carbocycles. The van der Waals surface area contributed by atoms with E-state index in [4.69, 9.17) is 9.84 Å². The Kier molecular flexibility index (Phi) is 6.30. The van der Waals surface area contributed by atoms with Crippen LogP contribution < -0.4 is 10.6 Å². The Morgan fingerprint density at radius 3 is 2.29 bits per heavy atom. The van der Waals surface area contributed by atoms with Gasteiger partial charge in [-0.15, -0.1) is 0 Å². The molecule has 0 aromatic rings. The van der Waals surface area contributed by atoms with E-state index in [-0.39, 0.29) is 18.2 Å². The molecule has 1 rings (SSSR count). The normalized spacial score (nSPS) is 24.0. The maximum atomic E-state index is 11.7. The van der Waals surface area contributed by atoms with E-state index in [9.17, 15) is 9.59 Å². The number of rotatable bonds is 4. The van der Waals surface area contributed by atoms with E-state index in [1.54, 1.807) is 0 Å². The summed E-state index contributed by atoms with van der Waals surface area (Å²) in [6.45, 7) is 7.43. The monoisotopic (exact) mass is 300 g/mol. The number of hydrogen-bond acceptors (Lipinski definition) is 3. The molecule has 1 saturated carbocycles. The molecule has 1 aliphatic rings. The lowest BCUT2D eigenvalue weighted by molar-refractivity contribution is 0.0485. The van der Waals surface area contributed by atoms with Crippen molar-refractivity contribution in [1.82, 2.24) is 10.6 Å². The molecule has 2 amide bonds. The average Bonchev–Trinajstić information content (AvgIpc) is 2.27. The van der Waals surface area contributed by atoms with Crippen molar-refractivity contribution >= 4 is 12.2 Å². The molecule has 0 spiro atoms. The third kappa shape index (κ3) is 7.78. The molecule has 122 valence electrons. The first-order valence-corrected chi connectivity index (χ1v) is 7.64. The van der Waals surface area contributed by atoms with E-state index < -0.39 is 11.7 Å². The zero-order chi connectivity index (χ0) is 16.0. The summed E-state index contributed by atoms with van der Waals surface area (Å²) < 4.78 is 5.25. The van der Waals surface area contributed by atoms with Gasteiger partial charge in [0.15, 0.2) is 0 Å². The molecule has 0 bridgehead atoms. The van der Waals surface area contributed by atoms with Crippen LogP contribution in [0.1, 0.15) is 59.8 Å². The number of alkyl carbamates (subject to hydrolysis) is 1. The lowest BCUT2D eigenvalue weighted by Crippen LogP contribution is -2.41. The van der Waals surface area contributed by atoms with Gasteiger partial charge in [-0.1, -0.05) is 0 Å². The SMILES string of the molecule is CC(CC1CCC(NC(=O)OC(C)(C)C)CC1)NC(=O)O. The van der Waals surface area contributed by atoms with Crippen LogP contribution in [0.15, 0.2) is 0 Å². The fourth-order valence-electron chi connectivity index (χ4n) is 2.79. The summed E-state index contributed by atoms with van der Waals surface area (Å²) >= 11 is 0. The van der Waals surface area contributed by atoms with Gasteiger partial charge in [0, 0.05) is 12.1 Å². The first kappa shape index (κ1) is 17.6. The van der Waals surface area contributed by atoms with Crippen molar-refractivity contribution in [1.29, 1.82) is 0 Å². The lowest BCUT2D eigenvalue weighted by Gasteiger charge is -2.31. The van der Waals surface area contributed by atoms with Crippen molar-refractivity contribution in [3.05, 3.63) is 0 Å². The number of amides is 2. The van der Waals surface area contributed by atoms with Crippen molar-refractivity contribution in [3.63, 3.8) is 0 Å². The van der Waals surface area contributed by atoms with Crippen molar-refractivity contribution in [2.24, 2.45) is 5.92 Å². The van der Waals surface area contributed by atoms with Crippen LogP contribution in [0.25, 0.3) is 0 Å². The van der Waals surface area contributed by atoms with Gasteiger partial charge in [-0.2, -0.15) is 0 Å². The van der Waals surface area contributed by atoms with Crippen molar-refractivity contribution in [2.45, 2.75) is 77.5 Å². The molecule has 6 nitrogen and oxygen atoms in total. The number of carbonyl (C=O) groups excluding carboxylic acids is 1. The Bertz CT molecular complexity index is 357. The van der Waals surface area contributed by atoms with E-state index in [0.717, 1.165) is 32.1 Å². The van der Waals surface area contributed by atoms with E-state index in [1.807, 2.05) is 27.7 Å². The maximum absolute atomic E-state index is 11.7. The topological polar surface area (TPSA) is 87.7 Å². The maximum Gasteiger partial charge on any atom is 0.407 e. The highest BCUT2D eigenvalue weighted by Gasteiger charge is 2.25. The zero-order valence-corrected chi connectivity index (χ0v) is 13.4. The van der Waals surface area contributed by atoms with Crippen LogP contribution in [0.4, 0.5) is 9.59 Å². The summed E-state index contributed by atoms with van der Waals surface area (Å²) in [7, 11) is 0. The molecule has 0 aromatic heterocycles. The molecule has 0 aliphatic heterocycles. The Morgan fingerprint density at radius 1 is 1.24 bits per heavy atom. The standard InChI is InChI=1S/C15H28N2O4/c1-10(16-13(18)19)9-11-5-7-12(8-6-11)17-14(20)21-15(2,3)4/h10-12,16H,5-9H2,1-4H3,(H,17,20)(H,18,19). The molecule has 6 heteroatoms. The fourth-order valence-corrected chi connectivity index (χ4v) is 2.79. The van der Waals surface area contributed by atoms with Gasteiger partial charge < -0.3 is 20.5 Å². The summed E-state index contributed by atoms with van der Waals surface area (Å²) in [6.07, 6.45) is 3.38. The minimum atomic E-state index is -0.970. The van der Waals surface area contributed by atoms with Crippen LogP contribution in [-0.4, -0.2) is 35.0 Å². The summed E-state index contributed by atoms with van der Waals surface area (Å²) in [6, 6.07) is 0.140. The third-order valence-corrected chi connectivity index (χ3v) is 3.62. The number of carboxylic acid groups (broad SMARTS) is 1. The number of ether oxygens (including phenoxy) is 1. The van der Waals surface area contributed by atoms with Crippen molar-refractivity contribution < 1.29 is 19.4 Å². The fraction of sp³-hybridized carbons (Fsp3) is 0.867. The highest BCUT2D eigenvalue weighted by atomic mass is 16.6. The van der Waals surface area contributed by atoms with Crippen LogP contribution in [0.5, 0.6) is 0 Å². The molecule has 0 saturated heterocycles. The lowest BCUT2D eigenvalue weighted by atomic mass is 9.82. The minimum absolute atomic E-state index is 0.0251. The highest BCUT2D eigenvalue weighted by molar-refractivity contribution is 5.68. The second-order valence-electron chi connectivity index (χ2n) is 6.95. The minimum Gasteiger partial charge on any atom is -0.465 e. The van der Waals surface area contributed by atoms with E-state index >= 15 is 0 Å². The van der Waals surface area contributed by atoms with E-state index in [1.165, 1.54) is 0 Å². The van der Waals surface area contributed by atoms with Crippen LogP contribution in [0, 0.1) is 5.92 Å². The Balaban J connectivity index is 2.26. The Morgan fingerprint density at radius 2 is 1.81 bits per heavy atom. The summed E-state index contributed by atoms with van der Waals surface area (Å²) in [5.74, 6) is 0.517. The molecule has 1 fully saturated rings. The van der Waals surface area contributed by atoms with Gasteiger partial charge in [0.1, 0.15) is 5.60 Å². The molecule has 0 aromatic carbocycles. The number of hydrogen-bond donors (Lipinski definition) is 3. The molecule has 1 unspecified atom stereocenters. The largest absolute Gasteiger partial charge is 0.465 e. The van der Waals surface area contributed by atoms with Crippen LogP contribution in [0.2, 0.25) is 0 Å². The molecule has 0 radical (unpaired) electrons. The smallest absolute Gasteiger partial charge is 0.407 e. The van der Waals surface area contributed by atoms with Crippen LogP contribution in [-0.2, 0) is 4.74 Å². The highest BCUT2D eigenvalue weighted by Crippen LogP contribution is 2.28. The summed E-state index contributed by atoms with van der Waals surface area (Å²) in [5.41, 5.74) is -0.473. The van der Waals surface area contributed by atoms with Gasteiger partial charge in [0.05, 0.1) is 0 Å². The van der Waals surface area contributed by atoms with Gasteiger partial charge in [-0.25, -0.2) is 9.59 Å². The Labute approximate surface area is 126 Å². The predicted octanol–water partition coefficient (Wildman–Crippen LogP) is 3.12. The van der Waals surface area contributed by atoms with Gasteiger partial charge >= 0.3 is 12.2 Å². The van der Waals surface area contributed by atoms with Gasteiger partial charge in [0.2, 0.25) is 0 Å². The van der Waals surface area contributed by atoms with Crippen LogP contribution >= 0.6 is 0 Å². The van der Waals surface area contributed by atoms with Gasteiger partial charge in [-0.05, 0) is 65.7 Å². The molecule has 0 heterocycles. The third-order valence-electron chi connectivity index (χ3n) is 3.62. The van der Waals surface area contributed by atoms with Crippen LogP contribution in [0.3, 0.4) is 0 Å². The predicted molar refractivity (Wildman–Crippen MR) is 80.4 cm³/mol. The molecule has 3 N–H and O–H groups in total. The average molecular weight is 300 g/mol. The number of carbonyl (C=O) groups is 2.